The van der Waals surface area contributed by atoms with Crippen molar-refractivity contribution in [3.63, 3.8) is 0 Å². The molecule has 0 amide bonds. The zero-order chi connectivity index (χ0) is 9.84. The summed E-state index contributed by atoms with van der Waals surface area (Å²) in [7, 11) is 2.05. The first-order chi connectivity index (χ1) is 6.19. The largest absolute Gasteiger partial charge is 0.318 e. The number of nitrogens with zero attached hydrogens (tertiary/aromatic N) is 1. The second kappa shape index (κ2) is 4.97. The molecular formula is C11H24N2. The third kappa shape index (κ3) is 2.68. The molecule has 0 bridgehead atoms. The van der Waals surface area contributed by atoms with Gasteiger partial charge in [0.15, 0.2) is 0 Å². The SMILES string of the molecule is CCC(CNC)N1CC(C)C(C)C1. The van der Waals surface area contributed by atoms with Crippen molar-refractivity contribution in [1.29, 1.82) is 0 Å². The van der Waals surface area contributed by atoms with E-state index in [4.69, 9.17) is 0 Å². The van der Waals surface area contributed by atoms with Gasteiger partial charge < -0.3 is 5.32 Å². The standard InChI is InChI=1S/C11H24N2/c1-5-11(6-12-4)13-7-9(2)10(3)8-13/h9-12H,5-8H2,1-4H3. The summed E-state index contributed by atoms with van der Waals surface area (Å²) in [6, 6.07) is 0.748. The highest BCUT2D eigenvalue weighted by Crippen LogP contribution is 2.24. The minimum atomic E-state index is 0.748. The Morgan fingerprint density at radius 1 is 1.31 bits per heavy atom. The predicted molar refractivity (Wildman–Crippen MR) is 57.9 cm³/mol. The fourth-order valence-corrected chi connectivity index (χ4v) is 2.24. The Hall–Kier alpha value is -0.0800. The van der Waals surface area contributed by atoms with Crippen LogP contribution in [0.5, 0.6) is 0 Å². The van der Waals surface area contributed by atoms with Crippen LogP contribution in [-0.2, 0) is 0 Å². The van der Waals surface area contributed by atoms with E-state index < -0.39 is 0 Å². The zero-order valence-corrected chi connectivity index (χ0v) is 9.51. The van der Waals surface area contributed by atoms with Crippen LogP contribution in [0.25, 0.3) is 0 Å². The molecule has 1 fully saturated rings. The molecule has 0 spiro atoms. The molecule has 0 aliphatic carbocycles. The molecular weight excluding hydrogens is 160 g/mol. The molecule has 1 aliphatic heterocycles. The maximum absolute atomic E-state index is 3.28. The van der Waals surface area contributed by atoms with Gasteiger partial charge in [0.25, 0.3) is 0 Å². The summed E-state index contributed by atoms with van der Waals surface area (Å²) < 4.78 is 0. The monoisotopic (exact) mass is 184 g/mol. The quantitative estimate of drug-likeness (QED) is 0.713. The molecule has 78 valence electrons. The Morgan fingerprint density at radius 3 is 2.23 bits per heavy atom. The number of hydrogen-bond donors (Lipinski definition) is 1. The summed E-state index contributed by atoms with van der Waals surface area (Å²) in [5, 5.41) is 3.28. The summed E-state index contributed by atoms with van der Waals surface area (Å²) in [5.41, 5.74) is 0. The van der Waals surface area contributed by atoms with E-state index >= 15 is 0 Å². The Morgan fingerprint density at radius 2 is 1.85 bits per heavy atom. The molecule has 1 N–H and O–H groups in total. The topological polar surface area (TPSA) is 15.3 Å². The van der Waals surface area contributed by atoms with Crippen molar-refractivity contribution < 1.29 is 0 Å². The Balaban J connectivity index is 2.42. The maximum atomic E-state index is 3.28. The van der Waals surface area contributed by atoms with Gasteiger partial charge in [-0.15, -0.1) is 0 Å². The Kier molecular flexibility index (Phi) is 4.20. The lowest BCUT2D eigenvalue weighted by atomic mass is 10.0. The average molecular weight is 184 g/mol. The van der Waals surface area contributed by atoms with Gasteiger partial charge >= 0.3 is 0 Å². The van der Waals surface area contributed by atoms with Crippen LogP contribution in [0.1, 0.15) is 27.2 Å². The molecule has 13 heavy (non-hydrogen) atoms. The van der Waals surface area contributed by atoms with Crippen LogP contribution in [0.3, 0.4) is 0 Å². The molecule has 0 saturated carbocycles. The summed E-state index contributed by atoms with van der Waals surface area (Å²) >= 11 is 0. The highest BCUT2D eigenvalue weighted by molar-refractivity contribution is 4.83. The fraction of sp³-hybridized carbons (Fsp3) is 1.00. The number of hydrogen-bond acceptors (Lipinski definition) is 2. The van der Waals surface area contributed by atoms with Crippen LogP contribution >= 0.6 is 0 Å². The second-order valence-corrected chi connectivity index (χ2v) is 4.53. The molecule has 0 aromatic carbocycles. The number of likely N-dealkylation sites (tertiary alicyclic amines) is 1. The first-order valence-electron chi connectivity index (χ1n) is 5.57. The van der Waals surface area contributed by atoms with Gasteiger partial charge in [-0.1, -0.05) is 20.8 Å². The van der Waals surface area contributed by atoms with E-state index in [0.29, 0.717) is 0 Å². The van der Waals surface area contributed by atoms with Gasteiger partial charge in [-0.05, 0) is 25.3 Å². The van der Waals surface area contributed by atoms with Crippen LogP contribution in [-0.4, -0.2) is 37.6 Å². The van der Waals surface area contributed by atoms with E-state index in [-0.39, 0.29) is 0 Å². The lowest BCUT2D eigenvalue weighted by molar-refractivity contribution is 0.223. The predicted octanol–water partition coefficient (Wildman–Crippen LogP) is 1.57. The van der Waals surface area contributed by atoms with Crippen molar-refractivity contribution in [1.82, 2.24) is 10.2 Å². The molecule has 1 saturated heterocycles. The Bertz CT molecular complexity index is 137. The molecule has 0 aromatic rings. The van der Waals surface area contributed by atoms with Crippen molar-refractivity contribution in [2.75, 3.05) is 26.7 Å². The van der Waals surface area contributed by atoms with Gasteiger partial charge in [0.1, 0.15) is 0 Å². The van der Waals surface area contributed by atoms with E-state index in [0.717, 1.165) is 24.4 Å². The second-order valence-electron chi connectivity index (χ2n) is 4.53. The highest BCUT2D eigenvalue weighted by atomic mass is 15.2. The molecule has 2 heteroatoms. The van der Waals surface area contributed by atoms with E-state index in [9.17, 15) is 0 Å². The molecule has 1 aliphatic rings. The molecule has 1 heterocycles. The molecule has 0 radical (unpaired) electrons. The Labute approximate surface area is 82.7 Å². The number of rotatable bonds is 4. The lowest BCUT2D eigenvalue weighted by Crippen LogP contribution is -2.39. The van der Waals surface area contributed by atoms with Crippen LogP contribution in [0, 0.1) is 11.8 Å². The van der Waals surface area contributed by atoms with Crippen molar-refractivity contribution >= 4 is 0 Å². The smallest absolute Gasteiger partial charge is 0.0218 e. The van der Waals surface area contributed by atoms with E-state index in [1.807, 2.05) is 7.05 Å². The third-order valence-electron chi connectivity index (χ3n) is 3.44. The highest BCUT2D eigenvalue weighted by Gasteiger charge is 2.29. The van der Waals surface area contributed by atoms with E-state index in [2.05, 4.69) is 31.0 Å². The summed E-state index contributed by atoms with van der Waals surface area (Å²) in [6.45, 7) is 10.8. The van der Waals surface area contributed by atoms with Crippen molar-refractivity contribution in [3.8, 4) is 0 Å². The van der Waals surface area contributed by atoms with Crippen molar-refractivity contribution in [3.05, 3.63) is 0 Å². The zero-order valence-electron chi connectivity index (χ0n) is 9.51. The normalized spacial score (nSPS) is 32.3. The lowest BCUT2D eigenvalue weighted by Gasteiger charge is -2.26. The number of nitrogens with one attached hydrogen (secondary N) is 1. The minimum Gasteiger partial charge on any atom is -0.318 e. The van der Waals surface area contributed by atoms with Gasteiger partial charge in [-0.25, -0.2) is 0 Å². The van der Waals surface area contributed by atoms with Crippen molar-refractivity contribution in [2.24, 2.45) is 11.8 Å². The van der Waals surface area contributed by atoms with Crippen LogP contribution < -0.4 is 5.32 Å². The van der Waals surface area contributed by atoms with Gasteiger partial charge in [0.2, 0.25) is 0 Å². The molecule has 2 nitrogen and oxygen atoms in total. The maximum Gasteiger partial charge on any atom is 0.0218 e. The first kappa shape index (κ1) is 11.0. The third-order valence-corrected chi connectivity index (χ3v) is 3.44. The minimum absolute atomic E-state index is 0.748. The van der Waals surface area contributed by atoms with Gasteiger partial charge in [-0.2, -0.15) is 0 Å². The molecule has 3 unspecified atom stereocenters. The molecule has 1 rings (SSSR count). The van der Waals surface area contributed by atoms with Crippen LogP contribution in [0.15, 0.2) is 0 Å². The van der Waals surface area contributed by atoms with Gasteiger partial charge in [-0.3, -0.25) is 4.90 Å². The fourth-order valence-electron chi connectivity index (χ4n) is 2.24. The van der Waals surface area contributed by atoms with E-state index in [1.54, 1.807) is 0 Å². The van der Waals surface area contributed by atoms with E-state index in [1.165, 1.54) is 19.5 Å². The summed E-state index contributed by atoms with van der Waals surface area (Å²) in [5.74, 6) is 1.76. The van der Waals surface area contributed by atoms with Gasteiger partial charge in [0.05, 0.1) is 0 Å². The average Bonchev–Trinajstić information content (AvgIpc) is 2.43. The first-order valence-corrected chi connectivity index (χ1v) is 5.57. The van der Waals surface area contributed by atoms with Gasteiger partial charge in [0, 0.05) is 25.7 Å². The number of likely N-dealkylation sites (N-methyl/N-ethyl adjacent to an activating group) is 1. The summed E-state index contributed by atoms with van der Waals surface area (Å²) in [4.78, 5) is 2.64. The summed E-state index contributed by atoms with van der Waals surface area (Å²) in [6.07, 6.45) is 1.26. The molecule has 3 atom stereocenters. The van der Waals surface area contributed by atoms with Crippen LogP contribution in [0.2, 0.25) is 0 Å². The molecule has 0 aromatic heterocycles. The van der Waals surface area contributed by atoms with Crippen molar-refractivity contribution in [2.45, 2.75) is 33.2 Å². The van der Waals surface area contributed by atoms with Crippen LogP contribution in [0.4, 0.5) is 0 Å².